The molecule has 0 aliphatic rings. The Labute approximate surface area is 132 Å². The van der Waals surface area contributed by atoms with Gasteiger partial charge in [0.25, 0.3) is 5.91 Å². The molecule has 1 unspecified atom stereocenters. The second-order valence-electron chi connectivity index (χ2n) is 6.20. The van der Waals surface area contributed by atoms with Crippen LogP contribution in [-0.2, 0) is 4.79 Å². The van der Waals surface area contributed by atoms with Crippen molar-refractivity contribution in [3.8, 4) is 5.75 Å². The highest BCUT2D eigenvalue weighted by Gasteiger charge is 2.27. The first-order chi connectivity index (χ1) is 9.64. The molecular formula is C16H24N2O2S. The topological polar surface area (TPSA) is 55.6 Å². The molecule has 0 heterocycles. The van der Waals surface area contributed by atoms with E-state index in [9.17, 15) is 4.79 Å². The van der Waals surface area contributed by atoms with E-state index >= 15 is 0 Å². The highest BCUT2D eigenvalue weighted by atomic mass is 32.1. The van der Waals surface area contributed by atoms with Crippen LogP contribution in [0.25, 0.3) is 0 Å². The van der Waals surface area contributed by atoms with Crippen molar-refractivity contribution in [2.75, 3.05) is 13.7 Å². The van der Waals surface area contributed by atoms with Crippen LogP contribution >= 0.6 is 12.2 Å². The number of amides is 1. The molecule has 0 spiro atoms. The number of ether oxygens (including phenoxy) is 1. The zero-order chi connectivity index (χ0) is 16.2. The summed E-state index contributed by atoms with van der Waals surface area (Å²) in [6, 6.07) is 7.30. The summed E-state index contributed by atoms with van der Waals surface area (Å²) in [6.45, 7) is 8.30. The summed E-state index contributed by atoms with van der Waals surface area (Å²) in [5, 5.41) is 0. The third kappa shape index (κ3) is 4.70. The van der Waals surface area contributed by atoms with Gasteiger partial charge in [-0.05, 0) is 24.5 Å². The Kier molecular flexibility index (Phi) is 5.72. The summed E-state index contributed by atoms with van der Waals surface area (Å²) in [6.07, 6.45) is 0. The van der Waals surface area contributed by atoms with Gasteiger partial charge in [0.05, 0.1) is 5.56 Å². The lowest BCUT2D eigenvalue weighted by Gasteiger charge is -2.35. The maximum Gasteiger partial charge on any atom is 0.260 e. The van der Waals surface area contributed by atoms with E-state index in [1.165, 1.54) is 0 Å². The molecule has 0 aliphatic carbocycles. The minimum Gasteiger partial charge on any atom is -0.483 e. The average Bonchev–Trinajstić information content (AvgIpc) is 2.42. The van der Waals surface area contributed by atoms with Gasteiger partial charge >= 0.3 is 0 Å². The van der Waals surface area contributed by atoms with E-state index in [2.05, 4.69) is 20.8 Å². The fraction of sp³-hybridized carbons (Fsp3) is 0.500. The third-order valence-corrected chi connectivity index (χ3v) is 3.95. The Morgan fingerprint density at radius 1 is 1.38 bits per heavy atom. The van der Waals surface area contributed by atoms with Crippen molar-refractivity contribution in [2.45, 2.75) is 33.7 Å². The van der Waals surface area contributed by atoms with Gasteiger partial charge in [0.2, 0.25) is 0 Å². The lowest BCUT2D eigenvalue weighted by atomic mass is 9.87. The monoisotopic (exact) mass is 308 g/mol. The number of thiocarbonyl (C=S) groups is 1. The molecule has 1 aromatic carbocycles. The number of likely N-dealkylation sites (N-methyl/N-ethyl adjacent to an activating group) is 1. The summed E-state index contributed by atoms with van der Waals surface area (Å²) in [5.41, 5.74) is 6.30. The Bertz CT molecular complexity index is 523. The number of carbonyl (C=O) groups excluding carboxylic acids is 1. The van der Waals surface area contributed by atoms with E-state index in [1.807, 2.05) is 19.1 Å². The number of benzene rings is 1. The molecule has 0 bridgehead atoms. The largest absolute Gasteiger partial charge is 0.483 e. The van der Waals surface area contributed by atoms with Crippen LogP contribution in [0.1, 0.15) is 33.3 Å². The van der Waals surface area contributed by atoms with Crippen LogP contribution < -0.4 is 10.5 Å². The minimum atomic E-state index is -0.0739. The van der Waals surface area contributed by atoms with Crippen molar-refractivity contribution in [3.05, 3.63) is 29.8 Å². The van der Waals surface area contributed by atoms with Crippen molar-refractivity contribution in [1.29, 1.82) is 0 Å². The van der Waals surface area contributed by atoms with Crippen molar-refractivity contribution in [1.82, 2.24) is 4.90 Å². The number of hydrogen-bond acceptors (Lipinski definition) is 3. The SMILES string of the molecule is CC(N(C)C(=O)COc1ccccc1C(N)=S)C(C)(C)C. The van der Waals surface area contributed by atoms with Crippen molar-refractivity contribution < 1.29 is 9.53 Å². The number of carbonyl (C=O) groups is 1. The number of hydrogen-bond donors (Lipinski definition) is 1. The van der Waals surface area contributed by atoms with E-state index < -0.39 is 0 Å². The van der Waals surface area contributed by atoms with Gasteiger partial charge in [-0.25, -0.2) is 0 Å². The third-order valence-electron chi connectivity index (χ3n) is 3.73. The molecular weight excluding hydrogens is 284 g/mol. The molecule has 0 aliphatic heterocycles. The molecule has 21 heavy (non-hydrogen) atoms. The molecule has 1 aromatic rings. The van der Waals surface area contributed by atoms with Crippen LogP contribution in [0, 0.1) is 5.41 Å². The molecule has 116 valence electrons. The van der Waals surface area contributed by atoms with E-state index in [1.54, 1.807) is 24.1 Å². The number of rotatable bonds is 5. The summed E-state index contributed by atoms with van der Waals surface area (Å²) in [4.78, 5) is 14.2. The van der Waals surface area contributed by atoms with Crippen LogP contribution in [-0.4, -0.2) is 35.5 Å². The van der Waals surface area contributed by atoms with Gasteiger partial charge in [0, 0.05) is 13.1 Å². The summed E-state index contributed by atoms with van der Waals surface area (Å²) in [7, 11) is 1.79. The van der Waals surface area contributed by atoms with Gasteiger partial charge < -0.3 is 15.4 Å². The van der Waals surface area contributed by atoms with Crippen LogP contribution in [0.3, 0.4) is 0 Å². The quantitative estimate of drug-likeness (QED) is 0.850. The molecule has 0 aromatic heterocycles. The second-order valence-corrected chi connectivity index (χ2v) is 6.64. The first-order valence-electron chi connectivity index (χ1n) is 6.92. The fourth-order valence-corrected chi connectivity index (χ4v) is 2.00. The molecule has 1 atom stereocenters. The number of para-hydroxylation sites is 1. The maximum atomic E-state index is 12.2. The predicted molar refractivity (Wildman–Crippen MR) is 89.5 cm³/mol. The lowest BCUT2D eigenvalue weighted by molar-refractivity contribution is -0.135. The standard InChI is InChI=1S/C16H24N2O2S/c1-11(16(2,3)4)18(5)14(19)10-20-13-9-7-6-8-12(13)15(17)21/h6-9,11H,10H2,1-5H3,(H2,17,21). The van der Waals surface area contributed by atoms with Crippen molar-refractivity contribution in [2.24, 2.45) is 11.1 Å². The average molecular weight is 308 g/mol. The van der Waals surface area contributed by atoms with Crippen LogP contribution in [0.15, 0.2) is 24.3 Å². The summed E-state index contributed by atoms with van der Waals surface area (Å²) < 4.78 is 5.59. The van der Waals surface area contributed by atoms with E-state index in [4.69, 9.17) is 22.7 Å². The molecule has 0 saturated carbocycles. The Morgan fingerprint density at radius 2 is 1.95 bits per heavy atom. The number of nitrogens with zero attached hydrogens (tertiary/aromatic N) is 1. The Morgan fingerprint density at radius 3 is 2.48 bits per heavy atom. The zero-order valence-electron chi connectivity index (χ0n) is 13.3. The van der Waals surface area contributed by atoms with E-state index in [-0.39, 0.29) is 29.0 Å². The van der Waals surface area contributed by atoms with E-state index in [0.717, 1.165) is 0 Å². The minimum absolute atomic E-state index is 0.0150. The van der Waals surface area contributed by atoms with Crippen molar-refractivity contribution >= 4 is 23.1 Å². The van der Waals surface area contributed by atoms with Gasteiger partial charge in [0.1, 0.15) is 10.7 Å². The maximum absolute atomic E-state index is 12.2. The molecule has 0 fully saturated rings. The fourth-order valence-electron chi connectivity index (χ4n) is 1.83. The smallest absolute Gasteiger partial charge is 0.260 e. The van der Waals surface area contributed by atoms with Gasteiger partial charge in [-0.2, -0.15) is 0 Å². The van der Waals surface area contributed by atoms with Gasteiger partial charge in [0.15, 0.2) is 6.61 Å². The second kappa shape index (κ2) is 6.89. The normalized spacial score (nSPS) is 12.6. The van der Waals surface area contributed by atoms with Gasteiger partial charge in [-0.3, -0.25) is 4.79 Å². The van der Waals surface area contributed by atoms with Crippen LogP contribution in [0.4, 0.5) is 0 Å². The van der Waals surface area contributed by atoms with E-state index in [0.29, 0.717) is 11.3 Å². The molecule has 0 radical (unpaired) electrons. The van der Waals surface area contributed by atoms with Crippen LogP contribution in [0.5, 0.6) is 5.75 Å². The highest BCUT2D eigenvalue weighted by Crippen LogP contribution is 2.23. The molecule has 1 amide bonds. The summed E-state index contributed by atoms with van der Waals surface area (Å²) >= 11 is 4.97. The van der Waals surface area contributed by atoms with Crippen LogP contribution in [0.2, 0.25) is 0 Å². The first-order valence-corrected chi connectivity index (χ1v) is 7.32. The predicted octanol–water partition coefficient (Wildman–Crippen LogP) is 2.59. The summed E-state index contributed by atoms with van der Waals surface area (Å²) in [5.74, 6) is 0.463. The molecule has 4 nitrogen and oxygen atoms in total. The molecule has 1 rings (SSSR count). The Balaban J connectivity index is 2.72. The molecule has 0 saturated heterocycles. The molecule has 2 N–H and O–H groups in total. The van der Waals surface area contributed by atoms with Crippen molar-refractivity contribution in [3.63, 3.8) is 0 Å². The van der Waals surface area contributed by atoms with Gasteiger partial charge in [-0.1, -0.05) is 45.1 Å². The zero-order valence-corrected chi connectivity index (χ0v) is 14.2. The Hall–Kier alpha value is -1.62. The highest BCUT2D eigenvalue weighted by molar-refractivity contribution is 7.80. The lowest BCUT2D eigenvalue weighted by Crippen LogP contribution is -2.44. The molecule has 5 heteroatoms. The first kappa shape index (κ1) is 17.4. The van der Waals surface area contributed by atoms with Gasteiger partial charge in [-0.15, -0.1) is 0 Å². The number of nitrogens with two attached hydrogens (primary N) is 1.